The van der Waals surface area contributed by atoms with E-state index < -0.39 is 4.92 Å². The van der Waals surface area contributed by atoms with Gasteiger partial charge in [-0.05, 0) is 55.0 Å². The van der Waals surface area contributed by atoms with Crippen LogP contribution in [0.5, 0.6) is 0 Å². The Hall–Kier alpha value is -3.39. The number of hydrogen-bond donors (Lipinski definition) is 2. The lowest BCUT2D eigenvalue weighted by Crippen LogP contribution is -2.35. The van der Waals surface area contributed by atoms with E-state index in [-0.39, 0.29) is 17.3 Å². The fraction of sp³-hybridized carbons (Fsp3) is 0.273. The molecule has 3 N–H and O–H groups in total. The summed E-state index contributed by atoms with van der Waals surface area (Å²) >= 11 is 5.92. The number of nitrogen functional groups attached to an aromatic ring is 1. The number of aromatic nitrogens is 2. The maximum absolute atomic E-state index is 11.6. The monoisotopic (exact) mass is 438 g/mol. The van der Waals surface area contributed by atoms with Gasteiger partial charge in [0.15, 0.2) is 0 Å². The van der Waals surface area contributed by atoms with Gasteiger partial charge in [0.05, 0.1) is 4.92 Å². The molecule has 2 heterocycles. The van der Waals surface area contributed by atoms with Crippen molar-refractivity contribution in [2.24, 2.45) is 5.92 Å². The van der Waals surface area contributed by atoms with E-state index in [4.69, 9.17) is 17.3 Å². The second-order valence-electron chi connectivity index (χ2n) is 7.62. The zero-order chi connectivity index (χ0) is 21.8. The third-order valence-corrected chi connectivity index (χ3v) is 5.71. The molecule has 0 amide bonds. The van der Waals surface area contributed by atoms with E-state index in [1.165, 1.54) is 5.56 Å². The second kappa shape index (κ2) is 9.18. The molecule has 9 heteroatoms. The molecule has 1 aliphatic heterocycles. The number of benzene rings is 2. The summed E-state index contributed by atoms with van der Waals surface area (Å²) in [6.07, 6.45) is 3.03. The van der Waals surface area contributed by atoms with E-state index in [1.54, 1.807) is 24.3 Å². The molecular weight excluding hydrogens is 416 g/mol. The van der Waals surface area contributed by atoms with Crippen LogP contribution in [0.25, 0.3) is 0 Å². The largest absolute Gasteiger partial charge is 0.378 e. The molecule has 1 saturated heterocycles. The predicted molar refractivity (Wildman–Crippen MR) is 123 cm³/mol. The lowest BCUT2D eigenvalue weighted by molar-refractivity contribution is -0.383. The first-order chi connectivity index (χ1) is 15.0. The van der Waals surface area contributed by atoms with Crippen LogP contribution in [-0.2, 0) is 6.42 Å². The summed E-state index contributed by atoms with van der Waals surface area (Å²) in [5, 5.41) is 15.1. The average molecular weight is 439 g/mol. The minimum Gasteiger partial charge on any atom is -0.378 e. The van der Waals surface area contributed by atoms with Crippen LogP contribution in [-0.4, -0.2) is 28.0 Å². The Morgan fingerprint density at radius 3 is 2.42 bits per heavy atom. The van der Waals surface area contributed by atoms with Gasteiger partial charge in [-0.1, -0.05) is 41.9 Å². The highest BCUT2D eigenvalue weighted by molar-refractivity contribution is 6.30. The Kier molecular flexibility index (Phi) is 6.18. The number of halogens is 1. The summed E-state index contributed by atoms with van der Waals surface area (Å²) in [5.74, 6) is 0.900. The maximum Gasteiger partial charge on any atom is 0.353 e. The Morgan fingerprint density at radius 1 is 1.10 bits per heavy atom. The van der Waals surface area contributed by atoms with Gasteiger partial charge in [0, 0.05) is 23.8 Å². The number of anilines is 4. The molecule has 1 aromatic heterocycles. The molecule has 3 aromatic rings. The molecule has 2 aromatic carbocycles. The fourth-order valence-electron chi connectivity index (χ4n) is 3.82. The van der Waals surface area contributed by atoms with Crippen molar-refractivity contribution in [3.63, 3.8) is 0 Å². The molecule has 0 atom stereocenters. The van der Waals surface area contributed by atoms with E-state index in [0.29, 0.717) is 22.6 Å². The van der Waals surface area contributed by atoms with E-state index in [9.17, 15) is 10.1 Å². The molecule has 1 aliphatic rings. The van der Waals surface area contributed by atoms with E-state index in [0.717, 1.165) is 32.4 Å². The highest BCUT2D eigenvalue weighted by Gasteiger charge is 2.27. The van der Waals surface area contributed by atoms with E-state index in [1.807, 2.05) is 11.0 Å². The summed E-state index contributed by atoms with van der Waals surface area (Å²) in [6, 6.07) is 17.3. The highest BCUT2D eigenvalue weighted by atomic mass is 35.5. The van der Waals surface area contributed by atoms with Gasteiger partial charge in [0.1, 0.15) is 0 Å². The van der Waals surface area contributed by atoms with Gasteiger partial charge < -0.3 is 16.0 Å². The van der Waals surface area contributed by atoms with Gasteiger partial charge >= 0.3 is 5.69 Å². The summed E-state index contributed by atoms with van der Waals surface area (Å²) in [6.45, 7) is 1.55. The maximum atomic E-state index is 11.6. The Morgan fingerprint density at radius 2 is 1.77 bits per heavy atom. The lowest BCUT2D eigenvalue weighted by atomic mass is 9.90. The van der Waals surface area contributed by atoms with Crippen molar-refractivity contribution in [2.45, 2.75) is 19.3 Å². The van der Waals surface area contributed by atoms with Gasteiger partial charge in [-0.15, -0.1) is 0 Å². The zero-order valence-corrected chi connectivity index (χ0v) is 17.6. The van der Waals surface area contributed by atoms with Crippen molar-refractivity contribution in [1.82, 2.24) is 9.97 Å². The van der Waals surface area contributed by atoms with Crippen molar-refractivity contribution >= 4 is 40.6 Å². The molecule has 0 bridgehead atoms. The summed E-state index contributed by atoms with van der Waals surface area (Å²) < 4.78 is 0. The molecule has 0 radical (unpaired) electrons. The van der Waals surface area contributed by atoms with Crippen molar-refractivity contribution in [3.05, 3.63) is 75.3 Å². The number of rotatable bonds is 6. The van der Waals surface area contributed by atoms with Gasteiger partial charge in [-0.3, -0.25) is 10.1 Å². The van der Waals surface area contributed by atoms with Crippen LogP contribution in [0.3, 0.4) is 0 Å². The first kappa shape index (κ1) is 20.9. The first-order valence-corrected chi connectivity index (χ1v) is 10.5. The lowest BCUT2D eigenvalue weighted by Gasteiger charge is -2.32. The van der Waals surface area contributed by atoms with Crippen molar-refractivity contribution in [2.75, 3.05) is 29.0 Å². The first-order valence-electron chi connectivity index (χ1n) is 10.1. The van der Waals surface area contributed by atoms with Gasteiger partial charge in [-0.2, -0.15) is 9.97 Å². The van der Waals surface area contributed by atoms with Crippen LogP contribution in [0.2, 0.25) is 5.02 Å². The number of hydrogen-bond acceptors (Lipinski definition) is 7. The highest BCUT2D eigenvalue weighted by Crippen LogP contribution is 2.33. The van der Waals surface area contributed by atoms with Crippen LogP contribution < -0.4 is 16.0 Å². The molecule has 0 spiro atoms. The fourth-order valence-corrected chi connectivity index (χ4v) is 3.95. The molecule has 0 aliphatic carbocycles. The molecule has 1 fully saturated rings. The third kappa shape index (κ3) is 5.03. The van der Waals surface area contributed by atoms with Crippen molar-refractivity contribution in [1.29, 1.82) is 0 Å². The molecular formula is C22H23ClN6O2. The number of nitro groups is 1. The molecule has 4 rings (SSSR count). The van der Waals surface area contributed by atoms with Gasteiger partial charge in [0.25, 0.3) is 0 Å². The smallest absolute Gasteiger partial charge is 0.353 e. The summed E-state index contributed by atoms with van der Waals surface area (Å²) in [4.78, 5) is 21.7. The Labute approximate surface area is 185 Å². The van der Waals surface area contributed by atoms with Crippen LogP contribution in [0.4, 0.5) is 29.0 Å². The number of nitrogens with zero attached hydrogens (tertiary/aromatic N) is 4. The Balaban J connectivity index is 1.51. The number of nitrogens with two attached hydrogens (primary N) is 1. The van der Waals surface area contributed by atoms with Gasteiger partial charge in [0.2, 0.25) is 17.6 Å². The van der Waals surface area contributed by atoms with Crippen LogP contribution in [0.15, 0.2) is 54.6 Å². The molecule has 0 unspecified atom stereocenters. The molecule has 160 valence electrons. The van der Waals surface area contributed by atoms with E-state index >= 15 is 0 Å². The second-order valence-corrected chi connectivity index (χ2v) is 8.05. The zero-order valence-electron chi connectivity index (χ0n) is 16.9. The van der Waals surface area contributed by atoms with Crippen LogP contribution >= 0.6 is 11.6 Å². The van der Waals surface area contributed by atoms with Crippen LogP contribution in [0.1, 0.15) is 18.4 Å². The third-order valence-electron chi connectivity index (χ3n) is 5.45. The van der Waals surface area contributed by atoms with Crippen molar-refractivity contribution < 1.29 is 4.92 Å². The summed E-state index contributed by atoms with van der Waals surface area (Å²) in [7, 11) is 0. The SMILES string of the molecule is Nc1nc(N2CCC(Cc3ccccc3)CC2)nc(Nc2ccc(Cl)cc2)c1[N+](=O)[O-]. The van der Waals surface area contributed by atoms with E-state index in [2.05, 4.69) is 39.6 Å². The topological polar surface area (TPSA) is 110 Å². The quantitative estimate of drug-likeness (QED) is 0.419. The minimum absolute atomic E-state index is 0.0706. The molecule has 0 saturated carbocycles. The van der Waals surface area contributed by atoms with Gasteiger partial charge in [-0.25, -0.2) is 0 Å². The summed E-state index contributed by atoms with van der Waals surface area (Å²) in [5.41, 5.74) is 7.58. The van der Waals surface area contributed by atoms with Crippen LogP contribution in [0, 0.1) is 16.0 Å². The molecule has 8 nitrogen and oxygen atoms in total. The Bertz CT molecular complexity index is 1050. The predicted octanol–water partition coefficient (Wildman–Crippen LogP) is 4.82. The standard InChI is InChI=1S/C22H23ClN6O2/c23-17-6-8-18(9-7-17)25-21-19(29(30)31)20(24)26-22(27-21)28-12-10-16(11-13-28)14-15-4-2-1-3-5-15/h1-9,16H,10-14H2,(H3,24,25,26,27). The molecule has 31 heavy (non-hydrogen) atoms. The number of nitrogens with one attached hydrogen (secondary N) is 1. The minimum atomic E-state index is -0.566. The van der Waals surface area contributed by atoms with Crippen molar-refractivity contribution in [3.8, 4) is 0 Å². The number of piperidine rings is 1. The normalized spacial score (nSPS) is 14.4. The average Bonchev–Trinajstić information content (AvgIpc) is 2.76.